The van der Waals surface area contributed by atoms with E-state index in [1.807, 2.05) is 0 Å². The molecular formula is C17H13BrClFN2O2. The topological polar surface area (TPSA) is 49.4 Å². The third kappa shape index (κ3) is 2.80. The number of rotatable bonds is 3. The Morgan fingerprint density at radius 2 is 1.96 bits per heavy atom. The molecule has 0 bridgehead atoms. The normalized spacial score (nSPS) is 20.4. The smallest absolute Gasteiger partial charge is 0.319 e. The van der Waals surface area contributed by atoms with Gasteiger partial charge in [0.1, 0.15) is 11.4 Å². The van der Waals surface area contributed by atoms with Gasteiger partial charge >= 0.3 is 6.03 Å². The van der Waals surface area contributed by atoms with Gasteiger partial charge in [-0.3, -0.25) is 9.69 Å². The minimum Gasteiger partial charge on any atom is -0.319 e. The second-order valence-electron chi connectivity index (χ2n) is 5.66. The van der Waals surface area contributed by atoms with Crippen LogP contribution < -0.4 is 5.32 Å². The number of imide groups is 1. The minimum atomic E-state index is -1.28. The lowest BCUT2D eigenvalue weighted by Gasteiger charge is -2.23. The van der Waals surface area contributed by atoms with Crippen molar-refractivity contribution in [1.29, 1.82) is 0 Å². The van der Waals surface area contributed by atoms with E-state index in [2.05, 4.69) is 21.2 Å². The molecule has 2 aromatic rings. The lowest BCUT2D eigenvalue weighted by atomic mass is 9.92. The van der Waals surface area contributed by atoms with Crippen LogP contribution in [0.2, 0.25) is 5.02 Å². The number of halogens is 3. The highest BCUT2D eigenvalue weighted by Gasteiger charge is 2.49. The van der Waals surface area contributed by atoms with Crippen LogP contribution in [-0.4, -0.2) is 16.8 Å². The average molecular weight is 412 g/mol. The Balaban J connectivity index is 1.93. The molecule has 1 aliphatic rings. The second kappa shape index (κ2) is 6.18. The van der Waals surface area contributed by atoms with Crippen LogP contribution in [0.25, 0.3) is 0 Å². The summed E-state index contributed by atoms with van der Waals surface area (Å²) >= 11 is 9.35. The zero-order valence-electron chi connectivity index (χ0n) is 12.6. The van der Waals surface area contributed by atoms with Crippen LogP contribution in [0.3, 0.4) is 0 Å². The molecule has 1 fully saturated rings. The van der Waals surface area contributed by atoms with E-state index in [1.54, 1.807) is 37.3 Å². The third-order valence-corrected chi connectivity index (χ3v) is 4.85. The fraction of sp³-hybridized carbons (Fsp3) is 0.176. The van der Waals surface area contributed by atoms with Gasteiger partial charge in [0.2, 0.25) is 0 Å². The molecule has 3 amide bonds. The van der Waals surface area contributed by atoms with Crippen molar-refractivity contribution in [1.82, 2.24) is 10.2 Å². The highest BCUT2D eigenvalue weighted by atomic mass is 79.9. The van der Waals surface area contributed by atoms with Crippen LogP contribution >= 0.6 is 27.5 Å². The molecule has 3 rings (SSSR count). The number of benzene rings is 2. The largest absolute Gasteiger partial charge is 0.325 e. The number of nitrogens with zero attached hydrogens (tertiary/aromatic N) is 1. The Morgan fingerprint density at radius 1 is 1.25 bits per heavy atom. The number of carbonyl (C=O) groups is 2. The van der Waals surface area contributed by atoms with Crippen molar-refractivity contribution in [3.8, 4) is 0 Å². The van der Waals surface area contributed by atoms with E-state index in [0.717, 1.165) is 4.90 Å². The van der Waals surface area contributed by atoms with Crippen molar-refractivity contribution < 1.29 is 14.0 Å². The minimum absolute atomic E-state index is 0.149. The standard InChI is InChI=1S/C17H13BrClFN2O2/c1-17(12-4-2-3-5-13(12)19)15(23)22(16(24)21-17)9-10-6-7-11(18)8-14(10)20/h2-8H,9H2,1H3,(H,21,24). The van der Waals surface area contributed by atoms with Gasteiger partial charge in [-0.15, -0.1) is 0 Å². The molecule has 7 heteroatoms. The first-order chi connectivity index (χ1) is 11.3. The Hall–Kier alpha value is -1.92. The summed E-state index contributed by atoms with van der Waals surface area (Å²) in [5.41, 5.74) is -0.518. The quantitative estimate of drug-likeness (QED) is 0.769. The molecule has 1 aliphatic heterocycles. The fourth-order valence-corrected chi connectivity index (χ4v) is 3.37. The first kappa shape index (κ1) is 16.9. The fourth-order valence-electron chi connectivity index (χ4n) is 2.71. The van der Waals surface area contributed by atoms with Crippen molar-refractivity contribution in [3.05, 3.63) is 68.9 Å². The zero-order valence-corrected chi connectivity index (χ0v) is 15.0. The highest BCUT2D eigenvalue weighted by Crippen LogP contribution is 2.34. The Bertz CT molecular complexity index is 845. The lowest BCUT2D eigenvalue weighted by Crippen LogP contribution is -2.41. The number of amides is 3. The highest BCUT2D eigenvalue weighted by molar-refractivity contribution is 9.10. The van der Waals surface area contributed by atoms with E-state index >= 15 is 0 Å². The summed E-state index contributed by atoms with van der Waals surface area (Å²) in [7, 11) is 0. The maximum atomic E-state index is 14.0. The van der Waals surface area contributed by atoms with Gasteiger partial charge in [0.15, 0.2) is 0 Å². The number of carbonyl (C=O) groups excluding carboxylic acids is 2. The molecule has 0 radical (unpaired) electrons. The van der Waals surface area contributed by atoms with E-state index in [0.29, 0.717) is 15.1 Å². The Morgan fingerprint density at radius 3 is 2.62 bits per heavy atom. The lowest BCUT2D eigenvalue weighted by molar-refractivity contribution is -0.131. The van der Waals surface area contributed by atoms with Crippen molar-refractivity contribution in [2.45, 2.75) is 19.0 Å². The molecule has 0 spiro atoms. The summed E-state index contributed by atoms with van der Waals surface area (Å²) in [5.74, 6) is -0.959. The van der Waals surface area contributed by atoms with E-state index in [1.165, 1.54) is 12.1 Å². The van der Waals surface area contributed by atoms with Crippen molar-refractivity contribution in [2.24, 2.45) is 0 Å². The van der Waals surface area contributed by atoms with Gasteiger partial charge in [0.25, 0.3) is 5.91 Å². The van der Waals surface area contributed by atoms with Gasteiger partial charge in [0.05, 0.1) is 6.54 Å². The first-order valence-electron chi connectivity index (χ1n) is 7.16. The van der Waals surface area contributed by atoms with Gasteiger partial charge in [-0.1, -0.05) is 51.8 Å². The monoisotopic (exact) mass is 410 g/mol. The molecule has 0 aromatic heterocycles. The molecule has 1 unspecified atom stereocenters. The summed E-state index contributed by atoms with van der Waals surface area (Å²) in [6.45, 7) is 1.44. The van der Waals surface area contributed by atoms with Gasteiger partial charge in [0, 0.05) is 20.6 Å². The maximum Gasteiger partial charge on any atom is 0.325 e. The molecule has 1 N–H and O–H groups in total. The SMILES string of the molecule is CC1(c2ccccc2Cl)NC(=O)N(Cc2ccc(Br)cc2F)C1=O. The zero-order chi connectivity index (χ0) is 17.5. The maximum absolute atomic E-state index is 14.0. The van der Waals surface area contributed by atoms with E-state index in [9.17, 15) is 14.0 Å². The number of hydrogen-bond donors (Lipinski definition) is 1. The van der Waals surface area contributed by atoms with E-state index in [-0.39, 0.29) is 12.1 Å². The summed E-state index contributed by atoms with van der Waals surface area (Å²) < 4.78 is 14.6. The molecule has 4 nitrogen and oxygen atoms in total. The van der Waals surface area contributed by atoms with Crippen LogP contribution in [0.4, 0.5) is 9.18 Å². The number of nitrogens with one attached hydrogen (secondary N) is 1. The van der Waals surface area contributed by atoms with Gasteiger partial charge in [-0.05, 0) is 25.1 Å². The Kier molecular flexibility index (Phi) is 4.36. The summed E-state index contributed by atoms with van der Waals surface area (Å²) in [6.07, 6.45) is 0. The van der Waals surface area contributed by atoms with E-state index in [4.69, 9.17) is 11.6 Å². The predicted octanol–water partition coefficient (Wildman–Crippen LogP) is 4.21. The van der Waals surface area contributed by atoms with Crippen molar-refractivity contribution in [2.75, 3.05) is 0 Å². The van der Waals surface area contributed by atoms with Crippen molar-refractivity contribution >= 4 is 39.5 Å². The molecule has 124 valence electrons. The molecule has 2 aromatic carbocycles. The summed E-state index contributed by atoms with van der Waals surface area (Å²) in [4.78, 5) is 26.1. The molecule has 1 saturated heterocycles. The average Bonchev–Trinajstić information content (AvgIpc) is 2.74. The van der Waals surface area contributed by atoms with Crippen LogP contribution in [-0.2, 0) is 16.9 Å². The number of urea groups is 1. The van der Waals surface area contributed by atoms with Crippen LogP contribution in [0, 0.1) is 5.82 Å². The number of hydrogen-bond acceptors (Lipinski definition) is 2. The molecule has 0 saturated carbocycles. The molecular weight excluding hydrogens is 399 g/mol. The molecule has 0 aliphatic carbocycles. The first-order valence-corrected chi connectivity index (χ1v) is 8.33. The van der Waals surface area contributed by atoms with Crippen LogP contribution in [0.5, 0.6) is 0 Å². The van der Waals surface area contributed by atoms with Gasteiger partial charge in [-0.25, -0.2) is 9.18 Å². The summed E-state index contributed by atoms with van der Waals surface area (Å²) in [6, 6.07) is 10.7. The molecule has 1 atom stereocenters. The Labute approximate surface area is 151 Å². The molecule has 1 heterocycles. The van der Waals surface area contributed by atoms with Gasteiger partial charge < -0.3 is 5.32 Å². The molecule has 24 heavy (non-hydrogen) atoms. The van der Waals surface area contributed by atoms with E-state index < -0.39 is 23.3 Å². The third-order valence-electron chi connectivity index (χ3n) is 4.03. The summed E-state index contributed by atoms with van der Waals surface area (Å²) in [5, 5.41) is 3.04. The van der Waals surface area contributed by atoms with Crippen molar-refractivity contribution in [3.63, 3.8) is 0 Å². The van der Waals surface area contributed by atoms with Crippen LogP contribution in [0.1, 0.15) is 18.1 Å². The predicted molar refractivity (Wildman–Crippen MR) is 92.0 cm³/mol. The second-order valence-corrected chi connectivity index (χ2v) is 6.98. The van der Waals surface area contributed by atoms with Crippen LogP contribution in [0.15, 0.2) is 46.9 Å². The van der Waals surface area contributed by atoms with Gasteiger partial charge in [-0.2, -0.15) is 0 Å².